The van der Waals surface area contributed by atoms with E-state index in [4.69, 9.17) is 4.74 Å². The lowest BCUT2D eigenvalue weighted by Gasteiger charge is -2.12. The van der Waals surface area contributed by atoms with Gasteiger partial charge in [0.25, 0.3) is 11.2 Å². The smallest absolute Gasteiger partial charge is 0.416 e. The van der Waals surface area contributed by atoms with E-state index in [0.717, 1.165) is 22.4 Å². The van der Waals surface area contributed by atoms with Gasteiger partial charge in [-0.1, -0.05) is 36.4 Å². The predicted molar refractivity (Wildman–Crippen MR) is 143 cm³/mol. The summed E-state index contributed by atoms with van der Waals surface area (Å²) in [4.78, 5) is 28.1. The Labute approximate surface area is 224 Å². The van der Waals surface area contributed by atoms with Crippen LogP contribution >= 0.6 is 0 Å². The zero-order valence-electron chi connectivity index (χ0n) is 20.6. The van der Waals surface area contributed by atoms with E-state index in [1.165, 1.54) is 30.5 Å². The van der Waals surface area contributed by atoms with Crippen molar-refractivity contribution in [2.75, 3.05) is 0 Å². The van der Waals surface area contributed by atoms with Crippen LogP contribution in [-0.2, 0) is 12.8 Å². The van der Waals surface area contributed by atoms with Gasteiger partial charge in [0.2, 0.25) is 0 Å². The first-order chi connectivity index (χ1) is 19.2. The number of hydrogen-bond acceptors (Lipinski definition) is 6. The molecule has 0 spiro atoms. The van der Waals surface area contributed by atoms with Crippen LogP contribution < -0.4 is 10.3 Å². The molecule has 0 fully saturated rings. The molecule has 0 saturated carbocycles. The standard InChI is InChI=1S/C29H19F3N4O4/c30-29(31,32)22-7-4-6-21(16-22)27-34-26-10-2-1-9-25(26)28(37)35(27)33-17-20-5-3-8-24(15-20)40-18-19-11-13-23(14-12-19)36(38)39/h1-17H,18H2. The lowest BCUT2D eigenvalue weighted by atomic mass is 10.1. The molecule has 11 heteroatoms. The fourth-order valence-corrected chi connectivity index (χ4v) is 3.94. The molecule has 200 valence electrons. The second-order valence-electron chi connectivity index (χ2n) is 8.68. The largest absolute Gasteiger partial charge is 0.489 e. The van der Waals surface area contributed by atoms with Crippen LogP contribution in [0.15, 0.2) is 107 Å². The molecule has 5 rings (SSSR count). The maximum atomic E-state index is 13.4. The molecule has 1 aromatic heterocycles. The summed E-state index contributed by atoms with van der Waals surface area (Å²) in [6.45, 7) is 0.159. The zero-order chi connectivity index (χ0) is 28.3. The number of alkyl halides is 3. The van der Waals surface area contributed by atoms with Crippen LogP contribution in [0.5, 0.6) is 5.75 Å². The molecule has 0 saturated heterocycles. The van der Waals surface area contributed by atoms with Gasteiger partial charge >= 0.3 is 6.18 Å². The van der Waals surface area contributed by atoms with Gasteiger partial charge in [-0.3, -0.25) is 14.9 Å². The summed E-state index contributed by atoms with van der Waals surface area (Å²) in [5, 5.41) is 15.4. The number of hydrogen-bond donors (Lipinski definition) is 0. The predicted octanol–water partition coefficient (Wildman–Crippen LogP) is 6.45. The van der Waals surface area contributed by atoms with Gasteiger partial charge in [-0.05, 0) is 59.7 Å². The Kier molecular flexibility index (Phi) is 7.11. The molecule has 0 N–H and O–H groups in total. The molecule has 1 heterocycles. The van der Waals surface area contributed by atoms with E-state index < -0.39 is 22.2 Å². The molecular formula is C29H19F3N4O4. The molecule has 5 aromatic rings. The van der Waals surface area contributed by atoms with Crippen molar-refractivity contribution in [3.05, 3.63) is 134 Å². The highest BCUT2D eigenvalue weighted by atomic mass is 19.4. The fraction of sp³-hybridized carbons (Fsp3) is 0.0690. The van der Waals surface area contributed by atoms with Gasteiger partial charge in [0, 0.05) is 17.7 Å². The van der Waals surface area contributed by atoms with Crippen molar-refractivity contribution < 1.29 is 22.8 Å². The van der Waals surface area contributed by atoms with Gasteiger partial charge < -0.3 is 4.74 Å². The number of halogens is 3. The van der Waals surface area contributed by atoms with Crippen LogP contribution in [0.2, 0.25) is 0 Å². The van der Waals surface area contributed by atoms with Crippen LogP contribution in [0.25, 0.3) is 22.3 Å². The van der Waals surface area contributed by atoms with Crippen LogP contribution in [0.1, 0.15) is 16.7 Å². The van der Waals surface area contributed by atoms with Crippen LogP contribution in [0, 0.1) is 10.1 Å². The third-order valence-electron chi connectivity index (χ3n) is 5.93. The third kappa shape index (κ3) is 5.73. The van der Waals surface area contributed by atoms with E-state index >= 15 is 0 Å². The quantitative estimate of drug-likeness (QED) is 0.133. The van der Waals surface area contributed by atoms with Crippen molar-refractivity contribution in [2.45, 2.75) is 12.8 Å². The Morgan fingerprint density at radius 2 is 1.70 bits per heavy atom. The third-order valence-corrected chi connectivity index (χ3v) is 5.93. The topological polar surface area (TPSA) is 99.6 Å². The van der Waals surface area contributed by atoms with Crippen molar-refractivity contribution in [1.29, 1.82) is 0 Å². The first-order valence-corrected chi connectivity index (χ1v) is 11.9. The maximum Gasteiger partial charge on any atom is 0.416 e. The van der Waals surface area contributed by atoms with Gasteiger partial charge in [-0.2, -0.15) is 22.9 Å². The number of nitrogens with zero attached hydrogens (tertiary/aromatic N) is 4. The highest BCUT2D eigenvalue weighted by Gasteiger charge is 2.31. The van der Waals surface area contributed by atoms with Crippen molar-refractivity contribution >= 4 is 22.8 Å². The van der Waals surface area contributed by atoms with Crippen molar-refractivity contribution in [3.63, 3.8) is 0 Å². The number of nitro benzene ring substituents is 1. The summed E-state index contributed by atoms with van der Waals surface area (Å²) in [6, 6.07) is 23.8. The number of rotatable bonds is 7. The fourth-order valence-electron chi connectivity index (χ4n) is 3.94. The van der Waals surface area contributed by atoms with E-state index in [1.54, 1.807) is 60.7 Å². The molecule has 0 radical (unpaired) electrons. The maximum absolute atomic E-state index is 13.4. The van der Waals surface area contributed by atoms with Gasteiger partial charge in [0.15, 0.2) is 5.82 Å². The summed E-state index contributed by atoms with van der Waals surface area (Å²) >= 11 is 0. The molecule has 4 aromatic carbocycles. The number of non-ortho nitro benzene ring substituents is 1. The number of fused-ring (bicyclic) bond motifs is 1. The van der Waals surface area contributed by atoms with E-state index in [-0.39, 0.29) is 29.1 Å². The zero-order valence-corrected chi connectivity index (χ0v) is 20.6. The van der Waals surface area contributed by atoms with Gasteiger partial charge in [0.1, 0.15) is 12.4 Å². The number of nitro groups is 1. The highest BCUT2D eigenvalue weighted by molar-refractivity contribution is 5.82. The van der Waals surface area contributed by atoms with Crippen LogP contribution in [-0.4, -0.2) is 20.8 Å². The molecule has 0 bridgehead atoms. The van der Waals surface area contributed by atoms with Gasteiger partial charge in [0.05, 0.1) is 27.6 Å². The highest BCUT2D eigenvalue weighted by Crippen LogP contribution is 2.32. The van der Waals surface area contributed by atoms with E-state index in [9.17, 15) is 28.1 Å². The molecule has 0 aliphatic heterocycles. The molecule has 0 amide bonds. The van der Waals surface area contributed by atoms with Gasteiger partial charge in [-0.25, -0.2) is 4.98 Å². The van der Waals surface area contributed by atoms with Crippen LogP contribution in [0.3, 0.4) is 0 Å². The summed E-state index contributed by atoms with van der Waals surface area (Å²) in [5.41, 5.74) is 0.244. The van der Waals surface area contributed by atoms with Crippen molar-refractivity contribution in [1.82, 2.24) is 9.66 Å². The van der Waals surface area contributed by atoms with Crippen molar-refractivity contribution in [3.8, 4) is 17.1 Å². The number of para-hydroxylation sites is 1. The summed E-state index contributed by atoms with van der Waals surface area (Å²) < 4.78 is 46.9. The molecule has 0 unspecified atom stereocenters. The molecule has 0 aliphatic carbocycles. The lowest BCUT2D eigenvalue weighted by molar-refractivity contribution is -0.384. The monoisotopic (exact) mass is 544 g/mol. The van der Waals surface area contributed by atoms with Gasteiger partial charge in [-0.15, -0.1) is 0 Å². The summed E-state index contributed by atoms with van der Waals surface area (Å²) in [6.07, 6.45) is -3.19. The van der Waals surface area contributed by atoms with E-state index in [1.807, 2.05) is 0 Å². The minimum atomic E-state index is -4.57. The average Bonchev–Trinajstić information content (AvgIpc) is 2.95. The second-order valence-corrected chi connectivity index (χ2v) is 8.68. The van der Waals surface area contributed by atoms with E-state index in [2.05, 4.69) is 10.1 Å². The molecule has 0 atom stereocenters. The molecular weight excluding hydrogens is 525 g/mol. The Balaban J connectivity index is 1.47. The average molecular weight is 544 g/mol. The molecule has 40 heavy (non-hydrogen) atoms. The Hall–Kier alpha value is -5.32. The first kappa shape index (κ1) is 26.3. The Bertz CT molecular complexity index is 1800. The van der Waals surface area contributed by atoms with E-state index in [0.29, 0.717) is 16.8 Å². The Morgan fingerprint density at radius 1 is 0.950 bits per heavy atom. The minimum Gasteiger partial charge on any atom is -0.489 e. The number of ether oxygens (including phenoxy) is 1. The SMILES string of the molecule is O=c1c2ccccc2nc(-c2cccc(C(F)(F)F)c2)n1N=Cc1cccc(OCc2ccc([N+](=O)[O-])cc2)c1. The minimum absolute atomic E-state index is 0.0233. The second kappa shape index (κ2) is 10.8. The first-order valence-electron chi connectivity index (χ1n) is 11.9. The summed E-state index contributed by atoms with van der Waals surface area (Å²) in [5.74, 6) is 0.431. The van der Waals surface area contributed by atoms with Crippen LogP contribution in [0.4, 0.5) is 18.9 Å². The number of benzene rings is 4. The number of aromatic nitrogens is 2. The summed E-state index contributed by atoms with van der Waals surface area (Å²) in [7, 11) is 0. The normalized spacial score (nSPS) is 11.7. The molecule has 8 nitrogen and oxygen atoms in total. The molecule has 0 aliphatic rings. The van der Waals surface area contributed by atoms with Crippen molar-refractivity contribution in [2.24, 2.45) is 5.10 Å². The Morgan fingerprint density at radius 3 is 2.45 bits per heavy atom. The lowest BCUT2D eigenvalue weighted by Crippen LogP contribution is -2.20.